The number of likely N-dealkylation sites (N-methyl/N-ethyl adjacent to an activating group) is 1. The van der Waals surface area contributed by atoms with Crippen LogP contribution in [-0.2, 0) is 4.79 Å². The molecule has 2 heterocycles. The largest absolute Gasteiger partial charge is 0.481 e. The van der Waals surface area contributed by atoms with Crippen molar-refractivity contribution in [3.63, 3.8) is 0 Å². The summed E-state index contributed by atoms with van der Waals surface area (Å²) in [6, 6.07) is 6.40. The summed E-state index contributed by atoms with van der Waals surface area (Å²) in [6.07, 6.45) is 1.07. The van der Waals surface area contributed by atoms with Crippen molar-refractivity contribution in [2.24, 2.45) is 0 Å². The number of hydrogen-bond donors (Lipinski definition) is 1. The predicted molar refractivity (Wildman–Crippen MR) is 86.9 cm³/mol. The van der Waals surface area contributed by atoms with E-state index in [2.05, 4.69) is 43.5 Å². The van der Waals surface area contributed by atoms with Crippen molar-refractivity contribution >= 4 is 44.7 Å². The zero-order chi connectivity index (χ0) is 15.0. The Kier molecular flexibility index (Phi) is 4.24. The minimum absolute atomic E-state index is 0.0348. The van der Waals surface area contributed by atoms with Crippen LogP contribution in [0, 0.1) is 0 Å². The Balaban J connectivity index is 2.04. The number of aromatic nitrogens is 2. The number of nitrogens with zero attached hydrogens (tertiary/aromatic N) is 3. The molecule has 3 rings (SSSR count). The summed E-state index contributed by atoms with van der Waals surface area (Å²) in [6.45, 7) is 2.03. The van der Waals surface area contributed by atoms with Gasteiger partial charge in [-0.2, -0.15) is 0 Å². The van der Waals surface area contributed by atoms with Crippen LogP contribution < -0.4 is 0 Å². The molecule has 1 saturated heterocycles. The summed E-state index contributed by atoms with van der Waals surface area (Å²) in [5, 5.41) is 9.72. The van der Waals surface area contributed by atoms with E-state index in [1.165, 1.54) is 11.8 Å². The minimum atomic E-state index is -0.816. The Morgan fingerprint density at radius 1 is 1.57 bits per heavy atom. The summed E-state index contributed by atoms with van der Waals surface area (Å²) < 4.78 is 3.19. The number of carboxylic acid groups (broad SMARTS) is 1. The Bertz CT molecular complexity index is 688. The molecule has 7 heteroatoms. The predicted octanol–water partition coefficient (Wildman–Crippen LogP) is 2.85. The monoisotopic (exact) mass is 369 g/mol. The second-order valence-corrected chi connectivity index (χ2v) is 7.14. The van der Waals surface area contributed by atoms with E-state index in [0.717, 1.165) is 40.2 Å². The molecule has 1 atom stereocenters. The maximum Gasteiger partial charge on any atom is 0.313 e. The van der Waals surface area contributed by atoms with Crippen LogP contribution in [0.2, 0.25) is 0 Å². The van der Waals surface area contributed by atoms with Gasteiger partial charge in [-0.3, -0.25) is 4.79 Å². The smallest absolute Gasteiger partial charge is 0.313 e. The van der Waals surface area contributed by atoms with Gasteiger partial charge in [-0.1, -0.05) is 27.7 Å². The molecule has 1 aliphatic heterocycles. The van der Waals surface area contributed by atoms with Crippen molar-refractivity contribution in [2.75, 3.05) is 25.9 Å². The van der Waals surface area contributed by atoms with Gasteiger partial charge in [0.1, 0.15) is 0 Å². The van der Waals surface area contributed by atoms with Crippen LogP contribution in [0.3, 0.4) is 0 Å². The first-order valence-corrected chi connectivity index (χ1v) is 8.53. The second-order valence-electron chi connectivity index (χ2n) is 5.28. The lowest BCUT2D eigenvalue weighted by Crippen LogP contribution is -2.17. The Morgan fingerprint density at radius 3 is 3.05 bits per heavy atom. The van der Waals surface area contributed by atoms with Crippen LogP contribution in [0.15, 0.2) is 27.8 Å². The van der Waals surface area contributed by atoms with E-state index in [9.17, 15) is 4.79 Å². The Morgan fingerprint density at radius 2 is 2.38 bits per heavy atom. The molecule has 112 valence electrons. The first-order valence-electron chi connectivity index (χ1n) is 6.75. The van der Waals surface area contributed by atoms with Gasteiger partial charge in [0.2, 0.25) is 0 Å². The molecule has 0 amide bonds. The zero-order valence-corrected chi connectivity index (χ0v) is 14.0. The lowest BCUT2D eigenvalue weighted by molar-refractivity contribution is -0.133. The minimum Gasteiger partial charge on any atom is -0.481 e. The van der Waals surface area contributed by atoms with Gasteiger partial charge in [-0.15, -0.1) is 0 Å². The van der Waals surface area contributed by atoms with Crippen LogP contribution in [0.25, 0.3) is 11.0 Å². The van der Waals surface area contributed by atoms with E-state index in [1.54, 1.807) is 0 Å². The maximum absolute atomic E-state index is 10.9. The second kappa shape index (κ2) is 5.98. The topological polar surface area (TPSA) is 58.4 Å². The van der Waals surface area contributed by atoms with E-state index in [1.807, 2.05) is 12.1 Å². The number of rotatable bonds is 4. The summed E-state index contributed by atoms with van der Waals surface area (Å²) in [7, 11) is 2.11. The highest BCUT2D eigenvalue weighted by Crippen LogP contribution is 2.33. The molecule has 5 nitrogen and oxygen atoms in total. The van der Waals surface area contributed by atoms with Crippen LogP contribution >= 0.6 is 27.7 Å². The van der Waals surface area contributed by atoms with E-state index >= 15 is 0 Å². The molecule has 1 unspecified atom stereocenters. The van der Waals surface area contributed by atoms with Gasteiger partial charge >= 0.3 is 5.97 Å². The van der Waals surface area contributed by atoms with Gasteiger partial charge in [0, 0.05) is 11.0 Å². The van der Waals surface area contributed by atoms with E-state index < -0.39 is 5.97 Å². The highest BCUT2D eigenvalue weighted by atomic mass is 79.9. The first kappa shape index (κ1) is 14.9. The summed E-state index contributed by atoms with van der Waals surface area (Å²) in [4.78, 5) is 17.8. The zero-order valence-electron chi connectivity index (χ0n) is 11.6. The number of imidazole rings is 1. The van der Waals surface area contributed by atoms with E-state index in [0.29, 0.717) is 6.04 Å². The fraction of sp³-hybridized carbons (Fsp3) is 0.429. The van der Waals surface area contributed by atoms with Crippen LogP contribution in [-0.4, -0.2) is 51.4 Å². The van der Waals surface area contributed by atoms with E-state index in [-0.39, 0.29) is 5.75 Å². The van der Waals surface area contributed by atoms with E-state index in [4.69, 9.17) is 5.11 Å². The quantitative estimate of drug-likeness (QED) is 0.839. The number of likely N-dealkylation sites (tertiary alicyclic amines) is 1. The number of hydrogen-bond acceptors (Lipinski definition) is 4. The van der Waals surface area contributed by atoms with Crippen molar-refractivity contribution in [3.05, 3.63) is 22.7 Å². The number of aliphatic carboxylic acids is 1. The first-order chi connectivity index (χ1) is 10.0. The standard InChI is InChI=1S/C14H16BrN3O2S/c1-17-5-4-10(7-17)18-12-3-2-9(15)6-11(12)16-14(18)21-8-13(19)20/h2-3,6,10H,4-5,7-8H2,1H3,(H,19,20). The molecule has 1 aromatic heterocycles. The van der Waals surface area contributed by atoms with Crippen LogP contribution in [0.4, 0.5) is 0 Å². The molecule has 0 radical (unpaired) electrons. The highest BCUT2D eigenvalue weighted by molar-refractivity contribution is 9.10. The third-order valence-electron chi connectivity index (χ3n) is 3.68. The maximum atomic E-state index is 10.9. The molecule has 2 aromatic rings. The summed E-state index contributed by atoms with van der Waals surface area (Å²) in [5.41, 5.74) is 1.98. The Hall–Kier alpha value is -1.05. The molecule has 0 aliphatic carbocycles. The lowest BCUT2D eigenvalue weighted by atomic mass is 10.2. The van der Waals surface area contributed by atoms with Crippen molar-refractivity contribution in [1.29, 1.82) is 0 Å². The molecule has 0 bridgehead atoms. The lowest BCUT2D eigenvalue weighted by Gasteiger charge is -2.16. The Labute approximate surface area is 135 Å². The molecule has 0 spiro atoms. The fourth-order valence-electron chi connectivity index (χ4n) is 2.75. The van der Waals surface area contributed by atoms with Crippen molar-refractivity contribution < 1.29 is 9.90 Å². The average Bonchev–Trinajstić information content (AvgIpc) is 2.98. The van der Waals surface area contributed by atoms with Crippen LogP contribution in [0.1, 0.15) is 12.5 Å². The van der Waals surface area contributed by atoms with Crippen molar-refractivity contribution in [1.82, 2.24) is 14.5 Å². The number of carboxylic acids is 1. The van der Waals surface area contributed by atoms with Gasteiger partial charge < -0.3 is 14.6 Å². The molecule has 1 fully saturated rings. The third kappa shape index (κ3) is 3.09. The van der Waals surface area contributed by atoms with Gasteiger partial charge in [0.25, 0.3) is 0 Å². The van der Waals surface area contributed by atoms with Crippen LogP contribution in [0.5, 0.6) is 0 Å². The highest BCUT2D eigenvalue weighted by Gasteiger charge is 2.25. The molecule has 21 heavy (non-hydrogen) atoms. The van der Waals surface area contributed by atoms with Gasteiger partial charge in [-0.25, -0.2) is 4.98 Å². The number of carbonyl (C=O) groups is 1. The number of fused-ring (bicyclic) bond motifs is 1. The number of benzene rings is 1. The molecular weight excluding hydrogens is 354 g/mol. The molecule has 1 aromatic carbocycles. The van der Waals surface area contributed by atoms with Gasteiger partial charge in [0.15, 0.2) is 5.16 Å². The fourth-order valence-corrected chi connectivity index (χ4v) is 3.90. The van der Waals surface area contributed by atoms with Crippen molar-refractivity contribution in [2.45, 2.75) is 17.6 Å². The number of thioether (sulfide) groups is 1. The SMILES string of the molecule is CN1CCC(n2c(SCC(=O)O)nc3cc(Br)ccc32)C1. The molecule has 1 aliphatic rings. The molecule has 1 N–H and O–H groups in total. The number of halogens is 1. The average molecular weight is 370 g/mol. The molecule has 0 saturated carbocycles. The third-order valence-corrected chi connectivity index (χ3v) is 5.11. The van der Waals surface area contributed by atoms with Gasteiger partial charge in [0.05, 0.1) is 22.8 Å². The van der Waals surface area contributed by atoms with Gasteiger partial charge in [-0.05, 0) is 38.2 Å². The summed E-state index contributed by atoms with van der Waals surface area (Å²) >= 11 is 4.76. The van der Waals surface area contributed by atoms with Crippen molar-refractivity contribution in [3.8, 4) is 0 Å². The molecular formula is C14H16BrN3O2S. The summed E-state index contributed by atoms with van der Waals surface area (Å²) in [5.74, 6) is -0.782. The normalized spacial score (nSPS) is 19.4.